The average Bonchev–Trinajstić information content (AvgIpc) is 2.20. The summed E-state index contributed by atoms with van der Waals surface area (Å²) in [7, 11) is 0. The van der Waals surface area contributed by atoms with Crippen molar-refractivity contribution in [1.29, 1.82) is 0 Å². The van der Waals surface area contributed by atoms with Gasteiger partial charge < -0.3 is 0 Å². The largest absolute Gasteiger partial charge is 0.108 e. The lowest BCUT2D eigenvalue weighted by atomic mass is 10.2. The minimum Gasteiger partial charge on any atom is -0.108 e. The van der Waals surface area contributed by atoms with E-state index in [2.05, 4.69) is 25.1 Å². The predicted octanol–water partition coefficient (Wildman–Crippen LogP) is 4.43. The first-order valence-corrected chi connectivity index (χ1v) is 6.65. The topological polar surface area (TPSA) is 0 Å². The molecule has 0 saturated carbocycles. The van der Waals surface area contributed by atoms with Crippen LogP contribution >= 0.6 is 35.7 Å². The Labute approximate surface area is 99.2 Å². The summed E-state index contributed by atoms with van der Waals surface area (Å²) in [6.45, 7) is 2.11. The van der Waals surface area contributed by atoms with E-state index in [1.165, 1.54) is 5.56 Å². The molecule has 74 valence electrons. The third kappa shape index (κ3) is 4.84. The van der Waals surface area contributed by atoms with E-state index in [9.17, 15) is 0 Å². The van der Waals surface area contributed by atoms with Crippen LogP contribution in [0.1, 0.15) is 12.5 Å². The predicted molar refractivity (Wildman–Crippen MR) is 73.8 cm³/mol. The maximum absolute atomic E-state index is 5.14. The average molecular weight is 240 g/mol. The van der Waals surface area contributed by atoms with Gasteiger partial charge in [0.25, 0.3) is 0 Å². The monoisotopic (exact) mass is 240 g/mol. The molecule has 0 amide bonds. The van der Waals surface area contributed by atoms with Gasteiger partial charge in [0.15, 0.2) is 0 Å². The molecule has 0 aliphatic heterocycles. The van der Waals surface area contributed by atoms with E-state index in [1.807, 2.05) is 23.6 Å². The fourth-order valence-electron chi connectivity index (χ4n) is 0.884. The highest BCUT2D eigenvalue weighted by molar-refractivity contribution is 8.48. The molecule has 0 atom stereocenters. The van der Waals surface area contributed by atoms with Crippen molar-refractivity contribution in [3.8, 4) is 0 Å². The van der Waals surface area contributed by atoms with Gasteiger partial charge in [-0.3, -0.25) is 0 Å². The first-order valence-electron chi connectivity index (χ1n) is 4.38. The Morgan fingerprint density at radius 3 is 2.71 bits per heavy atom. The van der Waals surface area contributed by atoms with Crippen molar-refractivity contribution >= 4 is 45.3 Å². The number of thioether (sulfide) groups is 2. The van der Waals surface area contributed by atoms with Gasteiger partial charge in [0.2, 0.25) is 0 Å². The summed E-state index contributed by atoms with van der Waals surface area (Å²) in [6, 6.07) is 10.2. The van der Waals surface area contributed by atoms with Crippen molar-refractivity contribution in [3.63, 3.8) is 0 Å². The van der Waals surface area contributed by atoms with Crippen LogP contribution in [0.25, 0.3) is 6.08 Å². The van der Waals surface area contributed by atoms with Crippen LogP contribution in [0.5, 0.6) is 0 Å². The summed E-state index contributed by atoms with van der Waals surface area (Å²) in [5.74, 6) is 1.05. The first kappa shape index (κ1) is 11.8. The molecule has 1 aromatic rings. The molecule has 0 bridgehead atoms. The van der Waals surface area contributed by atoms with Gasteiger partial charge in [0, 0.05) is 0 Å². The lowest BCUT2D eigenvalue weighted by Gasteiger charge is -1.95. The lowest BCUT2D eigenvalue weighted by molar-refractivity contribution is 1.54. The van der Waals surface area contributed by atoms with Crippen LogP contribution in [0.4, 0.5) is 0 Å². The molecule has 3 heteroatoms. The van der Waals surface area contributed by atoms with E-state index < -0.39 is 0 Å². The summed E-state index contributed by atoms with van der Waals surface area (Å²) in [5.41, 5.74) is 1.21. The molecule has 0 N–H and O–H groups in total. The molecular formula is C11H12S3. The van der Waals surface area contributed by atoms with E-state index in [0.29, 0.717) is 0 Å². The molecule has 1 aromatic carbocycles. The molecule has 0 heterocycles. The van der Waals surface area contributed by atoms with Gasteiger partial charge in [0.05, 0.1) is 0 Å². The maximum Gasteiger partial charge on any atom is 0.108 e. The molecule has 0 aromatic heterocycles. The van der Waals surface area contributed by atoms with Crippen LogP contribution < -0.4 is 0 Å². The Balaban J connectivity index is 2.38. The van der Waals surface area contributed by atoms with Gasteiger partial charge in [-0.1, -0.05) is 61.2 Å². The molecule has 0 spiro atoms. The zero-order chi connectivity index (χ0) is 10.2. The second kappa shape index (κ2) is 7.10. The quantitative estimate of drug-likeness (QED) is 0.717. The maximum atomic E-state index is 5.14. The molecule has 0 saturated heterocycles. The Kier molecular flexibility index (Phi) is 5.99. The number of hydrogen-bond donors (Lipinski definition) is 0. The fraction of sp³-hybridized carbons (Fsp3) is 0.182. The Bertz CT molecular complexity index is 304. The van der Waals surface area contributed by atoms with Gasteiger partial charge in [-0.05, 0) is 22.8 Å². The highest BCUT2D eigenvalue weighted by Gasteiger charge is 1.92. The summed E-state index contributed by atoms with van der Waals surface area (Å²) >= 11 is 8.46. The van der Waals surface area contributed by atoms with Crippen molar-refractivity contribution in [2.24, 2.45) is 0 Å². The minimum absolute atomic E-state index is 0.986. The smallest absolute Gasteiger partial charge is 0.108 e. The second-order valence-corrected chi connectivity index (χ2v) is 5.89. The first-order chi connectivity index (χ1) is 6.83. The number of rotatable bonds is 3. The van der Waals surface area contributed by atoms with Crippen LogP contribution in [-0.4, -0.2) is 9.28 Å². The SMILES string of the molecule is CCSC(=S)S/C=C/c1ccccc1. The molecule has 14 heavy (non-hydrogen) atoms. The van der Waals surface area contributed by atoms with Crippen LogP contribution in [0, 0.1) is 0 Å². The van der Waals surface area contributed by atoms with Crippen molar-refractivity contribution in [1.82, 2.24) is 0 Å². The number of thiocarbonyl (C=S) groups is 1. The molecule has 0 unspecified atom stereocenters. The molecule has 0 nitrogen and oxygen atoms in total. The second-order valence-electron chi connectivity index (χ2n) is 2.51. The van der Waals surface area contributed by atoms with Crippen molar-refractivity contribution in [2.75, 3.05) is 5.75 Å². The Morgan fingerprint density at radius 1 is 1.36 bits per heavy atom. The molecule has 0 fully saturated rings. The van der Waals surface area contributed by atoms with Gasteiger partial charge in [-0.2, -0.15) is 0 Å². The minimum atomic E-state index is 0.986. The standard InChI is InChI=1S/C11H12S3/c1-2-13-11(12)14-9-8-10-6-4-3-5-7-10/h3-9H,2H2,1H3/b9-8+. The van der Waals surface area contributed by atoms with Gasteiger partial charge in [-0.15, -0.1) is 11.8 Å². The fourth-order valence-corrected chi connectivity index (χ4v) is 2.77. The summed E-state index contributed by atoms with van der Waals surface area (Å²) in [5, 5.41) is 2.04. The molecular weight excluding hydrogens is 228 g/mol. The normalized spacial score (nSPS) is 10.6. The van der Waals surface area contributed by atoms with E-state index in [1.54, 1.807) is 23.5 Å². The van der Waals surface area contributed by atoms with Gasteiger partial charge in [0.1, 0.15) is 3.53 Å². The van der Waals surface area contributed by atoms with Crippen LogP contribution in [0.3, 0.4) is 0 Å². The molecule has 1 rings (SSSR count). The highest BCUT2D eigenvalue weighted by Crippen LogP contribution is 2.18. The third-order valence-electron chi connectivity index (χ3n) is 1.49. The molecule has 0 aliphatic carbocycles. The zero-order valence-electron chi connectivity index (χ0n) is 7.97. The number of benzene rings is 1. The van der Waals surface area contributed by atoms with Crippen LogP contribution in [0.15, 0.2) is 35.7 Å². The summed E-state index contributed by atoms with van der Waals surface area (Å²) < 4.78 is 0.986. The molecule has 0 aliphatic rings. The summed E-state index contributed by atoms with van der Waals surface area (Å²) in [4.78, 5) is 0. The highest BCUT2D eigenvalue weighted by atomic mass is 32.2. The van der Waals surface area contributed by atoms with Crippen LogP contribution in [-0.2, 0) is 0 Å². The van der Waals surface area contributed by atoms with E-state index in [-0.39, 0.29) is 0 Å². The number of hydrogen-bond acceptors (Lipinski definition) is 3. The van der Waals surface area contributed by atoms with E-state index in [0.717, 1.165) is 9.28 Å². The Morgan fingerprint density at radius 2 is 2.07 bits per heavy atom. The van der Waals surface area contributed by atoms with E-state index >= 15 is 0 Å². The van der Waals surface area contributed by atoms with E-state index in [4.69, 9.17) is 12.2 Å². The van der Waals surface area contributed by atoms with Gasteiger partial charge in [-0.25, -0.2) is 0 Å². The van der Waals surface area contributed by atoms with Crippen molar-refractivity contribution in [3.05, 3.63) is 41.3 Å². The van der Waals surface area contributed by atoms with Gasteiger partial charge >= 0.3 is 0 Å². The third-order valence-corrected chi connectivity index (χ3v) is 3.76. The Hall–Kier alpha value is -0.250. The van der Waals surface area contributed by atoms with Crippen LogP contribution in [0.2, 0.25) is 0 Å². The van der Waals surface area contributed by atoms with Crippen molar-refractivity contribution < 1.29 is 0 Å². The summed E-state index contributed by atoms with van der Waals surface area (Å²) in [6.07, 6.45) is 2.08. The molecule has 0 radical (unpaired) electrons. The zero-order valence-corrected chi connectivity index (χ0v) is 10.4. The van der Waals surface area contributed by atoms with Crippen molar-refractivity contribution in [2.45, 2.75) is 6.92 Å². The lowest BCUT2D eigenvalue weighted by Crippen LogP contribution is -1.76.